The monoisotopic (exact) mass is 489 g/mol. The van der Waals surface area contributed by atoms with Crippen LogP contribution in [0.4, 0.5) is 0 Å². The summed E-state index contributed by atoms with van der Waals surface area (Å²) in [6.45, 7) is 9.78. The number of fused-ring (bicyclic) bond motifs is 1. The van der Waals surface area contributed by atoms with E-state index in [0.717, 1.165) is 30.4 Å². The molecule has 1 N–H and O–H groups in total. The van der Waals surface area contributed by atoms with Gasteiger partial charge in [0.05, 0.1) is 0 Å². The number of carbonyl (C=O) groups excluding carboxylic acids is 3. The molecule has 0 spiro atoms. The van der Waals surface area contributed by atoms with Crippen LogP contribution < -0.4 is 5.32 Å². The lowest BCUT2D eigenvalue weighted by Crippen LogP contribution is -2.55. The van der Waals surface area contributed by atoms with Crippen molar-refractivity contribution in [3.8, 4) is 0 Å². The van der Waals surface area contributed by atoms with Crippen molar-refractivity contribution in [2.24, 2.45) is 5.92 Å². The minimum absolute atomic E-state index is 0.0614. The van der Waals surface area contributed by atoms with Crippen LogP contribution in [-0.2, 0) is 22.7 Å². The normalized spacial score (nSPS) is 18.9. The molecule has 1 fully saturated rings. The molecule has 3 unspecified atom stereocenters. The van der Waals surface area contributed by atoms with E-state index in [2.05, 4.69) is 43.4 Å². The van der Waals surface area contributed by atoms with Gasteiger partial charge in [-0.2, -0.15) is 0 Å². The molecule has 0 saturated carbocycles. The molecule has 36 heavy (non-hydrogen) atoms. The first-order valence-electron chi connectivity index (χ1n) is 13.4. The number of rotatable bonds is 9. The van der Waals surface area contributed by atoms with Crippen LogP contribution in [0.1, 0.15) is 86.3 Å². The highest BCUT2D eigenvalue weighted by Crippen LogP contribution is 2.30. The number of hydrogen-bond acceptors (Lipinski definition) is 3. The van der Waals surface area contributed by atoms with Crippen LogP contribution >= 0.6 is 0 Å². The van der Waals surface area contributed by atoms with E-state index >= 15 is 0 Å². The molecule has 3 amide bonds. The fourth-order valence-electron chi connectivity index (χ4n) is 5.62. The third-order valence-corrected chi connectivity index (χ3v) is 7.65. The van der Waals surface area contributed by atoms with Gasteiger partial charge < -0.3 is 15.1 Å². The summed E-state index contributed by atoms with van der Waals surface area (Å²) in [6.07, 6.45) is 3.75. The smallest absolute Gasteiger partial charge is 0.255 e. The van der Waals surface area contributed by atoms with Crippen molar-refractivity contribution in [3.63, 3.8) is 0 Å². The average Bonchev–Trinajstić information content (AvgIpc) is 3.48. The van der Waals surface area contributed by atoms with Crippen molar-refractivity contribution in [2.45, 2.75) is 84.5 Å². The summed E-state index contributed by atoms with van der Waals surface area (Å²) in [5.74, 6) is 0.116. The molecular formula is C30H39N3O3. The Labute approximate surface area is 215 Å². The molecule has 6 heteroatoms. The van der Waals surface area contributed by atoms with Crippen LogP contribution in [-0.4, -0.2) is 46.1 Å². The van der Waals surface area contributed by atoms with Crippen molar-refractivity contribution in [1.82, 2.24) is 15.1 Å². The van der Waals surface area contributed by atoms with E-state index in [4.69, 9.17) is 0 Å². The second-order valence-corrected chi connectivity index (χ2v) is 10.6. The molecule has 2 heterocycles. The molecule has 3 atom stereocenters. The molecule has 0 aliphatic carbocycles. The number of benzene rings is 2. The molecule has 0 aromatic heterocycles. The van der Waals surface area contributed by atoms with Gasteiger partial charge in [0, 0.05) is 25.2 Å². The van der Waals surface area contributed by atoms with Crippen molar-refractivity contribution in [1.29, 1.82) is 0 Å². The highest BCUT2D eigenvalue weighted by molar-refractivity contribution is 6.01. The Balaban J connectivity index is 1.41. The Hall–Kier alpha value is -3.15. The summed E-state index contributed by atoms with van der Waals surface area (Å²) in [7, 11) is 0. The lowest BCUT2D eigenvalue weighted by Gasteiger charge is -2.35. The molecule has 2 aromatic carbocycles. The molecule has 2 aromatic rings. The van der Waals surface area contributed by atoms with Crippen molar-refractivity contribution >= 4 is 17.7 Å². The van der Waals surface area contributed by atoms with Crippen LogP contribution in [0.15, 0.2) is 48.5 Å². The maximum Gasteiger partial charge on any atom is 0.255 e. The first-order valence-corrected chi connectivity index (χ1v) is 13.4. The molecule has 6 nitrogen and oxygen atoms in total. The van der Waals surface area contributed by atoms with Gasteiger partial charge in [0.1, 0.15) is 12.1 Å². The second kappa shape index (κ2) is 11.3. The van der Waals surface area contributed by atoms with Crippen molar-refractivity contribution in [3.05, 3.63) is 70.8 Å². The average molecular weight is 490 g/mol. The third kappa shape index (κ3) is 5.32. The molecule has 192 valence electrons. The second-order valence-electron chi connectivity index (χ2n) is 10.6. The van der Waals surface area contributed by atoms with Crippen LogP contribution in [0.3, 0.4) is 0 Å². The Morgan fingerprint density at radius 3 is 2.44 bits per heavy atom. The number of likely N-dealkylation sites (tertiary alicyclic amines) is 1. The van der Waals surface area contributed by atoms with E-state index in [0.29, 0.717) is 37.5 Å². The summed E-state index contributed by atoms with van der Waals surface area (Å²) < 4.78 is 0. The molecule has 0 radical (unpaired) electrons. The fraction of sp³-hybridized carbons (Fsp3) is 0.500. The zero-order chi connectivity index (χ0) is 25.8. The topological polar surface area (TPSA) is 69.7 Å². The largest absolute Gasteiger partial charge is 0.350 e. The summed E-state index contributed by atoms with van der Waals surface area (Å²) in [6, 6.07) is 14.9. The predicted molar refractivity (Wildman–Crippen MR) is 141 cm³/mol. The highest BCUT2D eigenvalue weighted by Gasteiger charge is 2.43. The first kappa shape index (κ1) is 25.9. The van der Waals surface area contributed by atoms with Crippen molar-refractivity contribution < 1.29 is 14.4 Å². The van der Waals surface area contributed by atoms with E-state index in [1.165, 1.54) is 5.56 Å². The summed E-state index contributed by atoms with van der Waals surface area (Å²) in [4.78, 5) is 43.4. The summed E-state index contributed by atoms with van der Waals surface area (Å²) >= 11 is 0. The van der Waals surface area contributed by atoms with E-state index in [1.807, 2.05) is 38.1 Å². The van der Waals surface area contributed by atoms with Crippen LogP contribution in [0.2, 0.25) is 0 Å². The van der Waals surface area contributed by atoms with E-state index in [1.54, 1.807) is 9.80 Å². The van der Waals surface area contributed by atoms with E-state index < -0.39 is 12.1 Å². The Morgan fingerprint density at radius 1 is 1.06 bits per heavy atom. The third-order valence-electron chi connectivity index (χ3n) is 7.65. The van der Waals surface area contributed by atoms with Crippen LogP contribution in [0.5, 0.6) is 0 Å². The number of amides is 3. The molecule has 0 bridgehead atoms. The first-order chi connectivity index (χ1) is 17.3. The van der Waals surface area contributed by atoms with Gasteiger partial charge in [-0.25, -0.2) is 0 Å². The van der Waals surface area contributed by atoms with Gasteiger partial charge in [0.25, 0.3) is 5.91 Å². The van der Waals surface area contributed by atoms with Gasteiger partial charge in [0.2, 0.25) is 11.8 Å². The van der Waals surface area contributed by atoms with Crippen LogP contribution in [0, 0.1) is 5.92 Å². The highest BCUT2D eigenvalue weighted by atomic mass is 16.2. The van der Waals surface area contributed by atoms with Gasteiger partial charge >= 0.3 is 0 Å². The fourth-order valence-corrected chi connectivity index (χ4v) is 5.62. The zero-order valence-corrected chi connectivity index (χ0v) is 22.0. The Morgan fingerprint density at radius 2 is 1.78 bits per heavy atom. The number of carbonyl (C=O) groups is 3. The van der Waals surface area contributed by atoms with E-state index in [9.17, 15) is 14.4 Å². The van der Waals surface area contributed by atoms with Gasteiger partial charge in [-0.1, -0.05) is 76.6 Å². The van der Waals surface area contributed by atoms with E-state index in [-0.39, 0.29) is 23.6 Å². The van der Waals surface area contributed by atoms with Gasteiger partial charge in [-0.05, 0) is 53.9 Å². The molecular weight excluding hydrogens is 450 g/mol. The molecule has 1 saturated heterocycles. The van der Waals surface area contributed by atoms with Gasteiger partial charge in [-0.3, -0.25) is 14.4 Å². The minimum atomic E-state index is -0.587. The number of hydrogen-bond donors (Lipinski definition) is 1. The van der Waals surface area contributed by atoms with Gasteiger partial charge in [0.15, 0.2) is 0 Å². The maximum atomic E-state index is 13.8. The Kier molecular flexibility index (Phi) is 8.12. The lowest BCUT2D eigenvalue weighted by atomic mass is 9.96. The standard InChI is InChI=1S/C30H39N3O3/c1-5-9-21(4)23-15-13-22(14-16-23)18-31-28(34)26-12-8-17-32(26)30(36)27(20(2)3)33-19-24-10-6-7-11-25(24)29(33)35/h6-7,10-11,13-16,20-21,26-27H,5,8-9,12,17-19H2,1-4H3,(H,31,34). The molecule has 2 aliphatic rings. The maximum absolute atomic E-state index is 13.8. The number of nitrogens with one attached hydrogen (secondary N) is 1. The zero-order valence-electron chi connectivity index (χ0n) is 22.0. The SMILES string of the molecule is CCCC(C)c1ccc(CNC(=O)C2CCCN2C(=O)C(C(C)C)N2Cc3ccccc3C2=O)cc1. The summed E-state index contributed by atoms with van der Waals surface area (Å²) in [5.41, 5.74) is 3.98. The summed E-state index contributed by atoms with van der Waals surface area (Å²) in [5, 5.41) is 3.05. The molecule has 2 aliphatic heterocycles. The lowest BCUT2D eigenvalue weighted by molar-refractivity contribution is -0.143. The Bertz CT molecular complexity index is 1090. The van der Waals surface area contributed by atoms with Gasteiger partial charge in [-0.15, -0.1) is 0 Å². The van der Waals surface area contributed by atoms with Crippen LogP contribution in [0.25, 0.3) is 0 Å². The van der Waals surface area contributed by atoms with Crippen molar-refractivity contribution in [2.75, 3.05) is 6.54 Å². The predicted octanol–water partition coefficient (Wildman–Crippen LogP) is 4.88. The molecule has 4 rings (SSSR count). The minimum Gasteiger partial charge on any atom is -0.350 e. The number of nitrogens with zero attached hydrogens (tertiary/aromatic N) is 2. The quantitative estimate of drug-likeness (QED) is 0.546.